The average molecular weight is 310 g/mol. The number of aliphatic hydroxyl groups is 1. The molecule has 106 valence electrons. The Morgan fingerprint density at radius 1 is 1.05 bits per heavy atom. The number of nitrogens with two attached hydrogens (primary N) is 1. The molecule has 2 nitrogen and oxygen atoms in total. The lowest BCUT2D eigenvalue weighted by Crippen LogP contribution is -2.38. The lowest BCUT2D eigenvalue weighted by atomic mass is 9.77. The summed E-state index contributed by atoms with van der Waals surface area (Å²) < 4.78 is 0. The molecule has 0 aromatic heterocycles. The van der Waals surface area contributed by atoms with Crippen LogP contribution >= 0.6 is 23.2 Å². The molecule has 0 aliphatic heterocycles. The van der Waals surface area contributed by atoms with Gasteiger partial charge in [0, 0.05) is 16.0 Å². The molecule has 0 spiro atoms. The highest BCUT2D eigenvalue weighted by molar-refractivity contribution is 6.31. The summed E-state index contributed by atoms with van der Waals surface area (Å²) in [6.45, 7) is 2.25. The van der Waals surface area contributed by atoms with Crippen LogP contribution in [0.5, 0.6) is 0 Å². The third-order valence-electron chi connectivity index (χ3n) is 3.60. The lowest BCUT2D eigenvalue weighted by Gasteiger charge is -2.35. The van der Waals surface area contributed by atoms with Crippen molar-refractivity contribution in [2.24, 2.45) is 11.7 Å². The van der Waals surface area contributed by atoms with Gasteiger partial charge in [-0.3, -0.25) is 0 Å². The SMILES string of the molecule is CC(CN)C(O)(c1cccc(Cl)c1)c1cccc(Cl)c1. The van der Waals surface area contributed by atoms with Gasteiger partial charge in [-0.1, -0.05) is 54.4 Å². The van der Waals surface area contributed by atoms with Crippen molar-refractivity contribution < 1.29 is 5.11 Å². The van der Waals surface area contributed by atoms with E-state index in [1.807, 2.05) is 31.2 Å². The van der Waals surface area contributed by atoms with Gasteiger partial charge in [0.05, 0.1) is 0 Å². The van der Waals surface area contributed by atoms with Gasteiger partial charge < -0.3 is 10.8 Å². The van der Waals surface area contributed by atoms with Crippen molar-refractivity contribution in [3.8, 4) is 0 Å². The van der Waals surface area contributed by atoms with Crippen molar-refractivity contribution in [2.75, 3.05) is 6.54 Å². The number of benzene rings is 2. The zero-order chi connectivity index (χ0) is 14.8. The molecule has 0 amide bonds. The zero-order valence-corrected chi connectivity index (χ0v) is 12.7. The maximum Gasteiger partial charge on any atom is 0.118 e. The normalized spacial score (nSPS) is 13.2. The first-order valence-corrected chi connectivity index (χ1v) is 7.18. The highest BCUT2D eigenvalue weighted by Gasteiger charge is 2.37. The van der Waals surface area contributed by atoms with Gasteiger partial charge in [0.1, 0.15) is 5.60 Å². The molecule has 0 saturated carbocycles. The van der Waals surface area contributed by atoms with E-state index in [2.05, 4.69) is 0 Å². The molecule has 3 N–H and O–H groups in total. The molecule has 4 heteroatoms. The van der Waals surface area contributed by atoms with Crippen molar-refractivity contribution in [1.29, 1.82) is 0 Å². The quantitative estimate of drug-likeness (QED) is 0.901. The van der Waals surface area contributed by atoms with Gasteiger partial charge in [0.2, 0.25) is 0 Å². The van der Waals surface area contributed by atoms with Gasteiger partial charge in [-0.15, -0.1) is 0 Å². The minimum atomic E-state index is -1.22. The Hall–Kier alpha value is -1.06. The molecule has 1 atom stereocenters. The third-order valence-corrected chi connectivity index (χ3v) is 4.07. The minimum Gasteiger partial charge on any atom is -0.380 e. The van der Waals surface area contributed by atoms with Crippen LogP contribution in [0.15, 0.2) is 48.5 Å². The van der Waals surface area contributed by atoms with Crippen molar-refractivity contribution >= 4 is 23.2 Å². The lowest BCUT2D eigenvalue weighted by molar-refractivity contribution is 0.0277. The van der Waals surface area contributed by atoms with E-state index < -0.39 is 5.60 Å². The van der Waals surface area contributed by atoms with Gasteiger partial charge in [-0.2, -0.15) is 0 Å². The van der Waals surface area contributed by atoms with Crippen LogP contribution in [-0.2, 0) is 5.60 Å². The second-order valence-corrected chi connectivity index (χ2v) is 5.80. The van der Waals surface area contributed by atoms with E-state index in [9.17, 15) is 5.11 Å². The average Bonchev–Trinajstić information content (AvgIpc) is 2.45. The molecule has 0 aliphatic carbocycles. The maximum absolute atomic E-state index is 11.3. The monoisotopic (exact) mass is 309 g/mol. The fourth-order valence-electron chi connectivity index (χ4n) is 2.36. The zero-order valence-electron chi connectivity index (χ0n) is 11.2. The van der Waals surface area contributed by atoms with E-state index >= 15 is 0 Å². The van der Waals surface area contributed by atoms with Crippen LogP contribution in [0.2, 0.25) is 10.0 Å². The Morgan fingerprint density at radius 2 is 1.50 bits per heavy atom. The Balaban J connectivity index is 2.62. The number of hydrogen-bond donors (Lipinski definition) is 2. The fraction of sp³-hybridized carbons (Fsp3) is 0.250. The summed E-state index contributed by atoms with van der Waals surface area (Å²) in [5, 5.41) is 12.4. The largest absolute Gasteiger partial charge is 0.380 e. The third kappa shape index (κ3) is 2.84. The molecule has 2 aromatic rings. The molecule has 20 heavy (non-hydrogen) atoms. The summed E-state index contributed by atoms with van der Waals surface area (Å²) in [5.41, 5.74) is 5.99. The second kappa shape index (κ2) is 6.15. The Bertz CT molecular complexity index is 555. The number of halogens is 2. The van der Waals surface area contributed by atoms with E-state index in [-0.39, 0.29) is 5.92 Å². The molecule has 2 rings (SSSR count). The summed E-state index contributed by atoms with van der Waals surface area (Å²) >= 11 is 12.1. The molecule has 1 unspecified atom stereocenters. The van der Waals surface area contributed by atoms with E-state index in [0.29, 0.717) is 27.7 Å². The van der Waals surface area contributed by atoms with Gasteiger partial charge in [-0.25, -0.2) is 0 Å². The van der Waals surface area contributed by atoms with E-state index in [1.54, 1.807) is 24.3 Å². The van der Waals surface area contributed by atoms with Gasteiger partial charge in [0.25, 0.3) is 0 Å². The predicted molar refractivity (Wildman–Crippen MR) is 84.1 cm³/mol. The van der Waals surface area contributed by atoms with Gasteiger partial charge in [0.15, 0.2) is 0 Å². The van der Waals surface area contributed by atoms with Crippen molar-refractivity contribution in [1.82, 2.24) is 0 Å². The Kier molecular flexibility index (Phi) is 4.71. The van der Waals surface area contributed by atoms with Gasteiger partial charge in [-0.05, 0) is 41.9 Å². The second-order valence-electron chi connectivity index (χ2n) is 4.92. The summed E-state index contributed by atoms with van der Waals surface area (Å²) in [7, 11) is 0. The highest BCUT2D eigenvalue weighted by Crippen LogP contribution is 2.38. The number of hydrogen-bond acceptors (Lipinski definition) is 2. The molecular weight excluding hydrogens is 293 g/mol. The molecule has 0 radical (unpaired) electrons. The van der Waals surface area contributed by atoms with Crippen LogP contribution in [-0.4, -0.2) is 11.7 Å². The van der Waals surface area contributed by atoms with Gasteiger partial charge >= 0.3 is 0 Å². The molecular formula is C16H17Cl2NO. The summed E-state index contributed by atoms with van der Waals surface area (Å²) in [4.78, 5) is 0. The Morgan fingerprint density at radius 3 is 1.85 bits per heavy atom. The van der Waals surface area contributed by atoms with Crippen molar-refractivity contribution in [3.63, 3.8) is 0 Å². The van der Waals surface area contributed by atoms with Crippen molar-refractivity contribution in [3.05, 3.63) is 69.7 Å². The fourth-order valence-corrected chi connectivity index (χ4v) is 2.74. The highest BCUT2D eigenvalue weighted by atomic mass is 35.5. The van der Waals surface area contributed by atoms with Crippen LogP contribution in [0.4, 0.5) is 0 Å². The molecule has 0 saturated heterocycles. The molecule has 0 bridgehead atoms. The van der Waals surface area contributed by atoms with Crippen LogP contribution < -0.4 is 5.73 Å². The van der Waals surface area contributed by atoms with E-state index in [1.165, 1.54) is 0 Å². The van der Waals surface area contributed by atoms with Crippen LogP contribution in [0.1, 0.15) is 18.1 Å². The van der Waals surface area contributed by atoms with E-state index in [4.69, 9.17) is 28.9 Å². The number of rotatable bonds is 4. The van der Waals surface area contributed by atoms with Crippen LogP contribution in [0, 0.1) is 5.92 Å². The first kappa shape index (κ1) is 15.3. The predicted octanol–water partition coefficient (Wildman–Crippen LogP) is 3.82. The smallest absolute Gasteiger partial charge is 0.118 e. The molecule has 0 heterocycles. The van der Waals surface area contributed by atoms with Crippen LogP contribution in [0.3, 0.4) is 0 Å². The van der Waals surface area contributed by atoms with E-state index in [0.717, 1.165) is 0 Å². The minimum absolute atomic E-state index is 0.181. The molecule has 0 fully saturated rings. The molecule has 0 aliphatic rings. The summed E-state index contributed by atoms with van der Waals surface area (Å²) in [6.07, 6.45) is 0. The maximum atomic E-state index is 11.3. The topological polar surface area (TPSA) is 46.2 Å². The Labute approximate surface area is 129 Å². The first-order valence-electron chi connectivity index (χ1n) is 6.43. The summed E-state index contributed by atoms with van der Waals surface area (Å²) in [5.74, 6) is -0.181. The first-order chi connectivity index (χ1) is 9.48. The molecule has 2 aromatic carbocycles. The van der Waals surface area contributed by atoms with Crippen molar-refractivity contribution in [2.45, 2.75) is 12.5 Å². The standard InChI is InChI=1S/C16H17Cl2NO/c1-11(10-19)16(20,12-4-2-6-14(17)8-12)13-5-3-7-15(18)9-13/h2-9,11,20H,10,19H2,1H3. The summed E-state index contributed by atoms with van der Waals surface area (Å²) in [6, 6.07) is 14.4. The van der Waals surface area contributed by atoms with Crippen LogP contribution in [0.25, 0.3) is 0 Å².